The molecule has 9 heteroatoms. The van der Waals surface area contributed by atoms with Gasteiger partial charge in [-0.25, -0.2) is 4.98 Å². The Morgan fingerprint density at radius 3 is 2.45 bits per heavy atom. The fourth-order valence-electron chi connectivity index (χ4n) is 3.13. The lowest BCUT2D eigenvalue weighted by atomic mass is 9.95. The Morgan fingerprint density at radius 1 is 1.10 bits per heavy atom. The number of carbonyl (C=O) groups is 2. The number of Topliss-reactive ketones (excluding diaryl/α,β-unsaturated/α-hetero) is 1. The van der Waals surface area contributed by atoms with Crippen molar-refractivity contribution in [3.63, 3.8) is 0 Å². The highest BCUT2D eigenvalue weighted by Crippen LogP contribution is 2.43. The highest BCUT2D eigenvalue weighted by molar-refractivity contribution is 9.10. The summed E-state index contributed by atoms with van der Waals surface area (Å²) in [6.45, 7) is 0. The number of ketones is 1. The van der Waals surface area contributed by atoms with Gasteiger partial charge in [-0.2, -0.15) is 0 Å². The van der Waals surface area contributed by atoms with Gasteiger partial charge >= 0.3 is 5.91 Å². The third kappa shape index (κ3) is 3.59. The molecule has 1 fully saturated rings. The first kappa shape index (κ1) is 20.1. The van der Waals surface area contributed by atoms with E-state index in [2.05, 4.69) is 20.9 Å². The van der Waals surface area contributed by atoms with Crippen LogP contribution in [0.15, 0.2) is 64.1 Å². The molecule has 1 aliphatic heterocycles. The zero-order valence-electron chi connectivity index (χ0n) is 14.5. The van der Waals surface area contributed by atoms with E-state index in [1.165, 1.54) is 16.2 Å². The number of thiazole rings is 1. The smallest absolute Gasteiger partial charge is 0.301 e. The highest BCUT2D eigenvalue weighted by Gasteiger charge is 2.48. The van der Waals surface area contributed by atoms with Crippen LogP contribution in [0.1, 0.15) is 17.2 Å². The van der Waals surface area contributed by atoms with Crippen LogP contribution in [-0.2, 0) is 9.59 Å². The third-order valence-corrected chi connectivity index (χ3v) is 6.49. The maximum atomic E-state index is 12.9. The maximum Gasteiger partial charge on any atom is 0.301 e. The fourth-order valence-corrected chi connectivity index (χ4v) is 4.36. The second-order valence-electron chi connectivity index (χ2n) is 6.16. The largest absolute Gasteiger partial charge is 0.507 e. The number of halogens is 3. The van der Waals surface area contributed by atoms with Crippen LogP contribution in [0.3, 0.4) is 0 Å². The summed E-state index contributed by atoms with van der Waals surface area (Å²) in [6, 6.07) is 10.7. The topological polar surface area (TPSA) is 70.5 Å². The monoisotopic (exact) mass is 508 g/mol. The summed E-state index contributed by atoms with van der Waals surface area (Å²) < 4.78 is 0.818. The number of aliphatic hydroxyl groups excluding tert-OH is 1. The summed E-state index contributed by atoms with van der Waals surface area (Å²) in [5.74, 6) is -1.84. The Balaban J connectivity index is 1.95. The molecule has 1 saturated heterocycles. The van der Waals surface area contributed by atoms with Gasteiger partial charge < -0.3 is 5.11 Å². The first-order chi connectivity index (χ1) is 13.9. The molecular weight excluding hydrogens is 499 g/mol. The van der Waals surface area contributed by atoms with Gasteiger partial charge in [0.05, 0.1) is 21.7 Å². The molecule has 0 bridgehead atoms. The lowest BCUT2D eigenvalue weighted by molar-refractivity contribution is -0.132. The number of hydrogen-bond acceptors (Lipinski definition) is 5. The van der Waals surface area contributed by atoms with Crippen LogP contribution in [0.4, 0.5) is 5.13 Å². The van der Waals surface area contributed by atoms with Crippen molar-refractivity contribution >= 4 is 73.0 Å². The van der Waals surface area contributed by atoms with Crippen LogP contribution in [-0.4, -0.2) is 21.8 Å². The Hall–Kier alpha value is -2.19. The minimum absolute atomic E-state index is 0.0362. The zero-order valence-corrected chi connectivity index (χ0v) is 18.4. The van der Waals surface area contributed by atoms with Gasteiger partial charge in [0.25, 0.3) is 5.78 Å². The zero-order chi connectivity index (χ0) is 20.7. The molecule has 0 spiro atoms. The van der Waals surface area contributed by atoms with Crippen molar-refractivity contribution in [2.75, 3.05) is 4.90 Å². The number of nitrogens with zero attached hydrogens (tertiary/aromatic N) is 2. The van der Waals surface area contributed by atoms with Crippen molar-refractivity contribution in [2.45, 2.75) is 6.04 Å². The van der Waals surface area contributed by atoms with Gasteiger partial charge in [-0.3, -0.25) is 14.5 Å². The van der Waals surface area contributed by atoms with E-state index in [9.17, 15) is 14.7 Å². The fraction of sp³-hybridized carbons (Fsp3) is 0.0500. The maximum absolute atomic E-state index is 12.9. The Bertz CT molecular complexity index is 1150. The first-order valence-electron chi connectivity index (χ1n) is 8.30. The van der Waals surface area contributed by atoms with E-state index in [0.717, 1.165) is 4.47 Å². The Labute approximate surface area is 188 Å². The van der Waals surface area contributed by atoms with Crippen LogP contribution in [0.2, 0.25) is 10.0 Å². The van der Waals surface area contributed by atoms with Gasteiger partial charge in [-0.1, -0.05) is 57.3 Å². The molecule has 0 radical (unpaired) electrons. The van der Waals surface area contributed by atoms with Gasteiger partial charge in [0.2, 0.25) is 0 Å². The number of amides is 1. The molecule has 146 valence electrons. The number of benzene rings is 2. The van der Waals surface area contributed by atoms with Gasteiger partial charge in [0.15, 0.2) is 5.13 Å². The average molecular weight is 510 g/mol. The molecule has 1 atom stereocenters. The summed E-state index contributed by atoms with van der Waals surface area (Å²) in [6.07, 6.45) is 1.54. The van der Waals surface area contributed by atoms with E-state index in [-0.39, 0.29) is 16.4 Å². The van der Waals surface area contributed by atoms with E-state index in [1.54, 1.807) is 54.0 Å². The van der Waals surface area contributed by atoms with E-state index in [4.69, 9.17) is 23.2 Å². The van der Waals surface area contributed by atoms with Gasteiger partial charge in [0.1, 0.15) is 5.76 Å². The van der Waals surface area contributed by atoms with Crippen LogP contribution in [0, 0.1) is 0 Å². The normalized spacial score (nSPS) is 18.4. The molecule has 5 nitrogen and oxygen atoms in total. The Morgan fingerprint density at radius 2 is 1.83 bits per heavy atom. The summed E-state index contributed by atoms with van der Waals surface area (Å²) in [5.41, 5.74) is 0.911. The molecule has 1 unspecified atom stereocenters. The summed E-state index contributed by atoms with van der Waals surface area (Å²) in [4.78, 5) is 31.3. The van der Waals surface area contributed by atoms with Gasteiger partial charge in [-0.15, -0.1) is 11.3 Å². The van der Waals surface area contributed by atoms with Gasteiger partial charge in [-0.05, 0) is 29.8 Å². The number of anilines is 1. The summed E-state index contributed by atoms with van der Waals surface area (Å²) in [5, 5.41) is 13.6. The predicted octanol–water partition coefficient (Wildman–Crippen LogP) is 5.84. The van der Waals surface area contributed by atoms with Gasteiger partial charge in [0, 0.05) is 21.6 Å². The van der Waals surface area contributed by atoms with Crippen molar-refractivity contribution < 1.29 is 14.7 Å². The van der Waals surface area contributed by atoms with E-state index in [1.807, 2.05) is 0 Å². The molecule has 2 aromatic carbocycles. The molecule has 2 heterocycles. The number of aliphatic hydroxyl groups is 1. The van der Waals surface area contributed by atoms with Crippen LogP contribution in [0.5, 0.6) is 0 Å². The number of rotatable bonds is 3. The molecule has 1 N–H and O–H groups in total. The molecule has 1 aromatic heterocycles. The van der Waals surface area contributed by atoms with Crippen LogP contribution < -0.4 is 4.90 Å². The minimum Gasteiger partial charge on any atom is -0.507 e. The number of carbonyl (C=O) groups excluding carboxylic acids is 2. The van der Waals surface area contributed by atoms with Crippen molar-refractivity contribution in [3.05, 3.63) is 85.3 Å². The summed E-state index contributed by atoms with van der Waals surface area (Å²) in [7, 11) is 0. The molecule has 3 aromatic rings. The Kier molecular flexibility index (Phi) is 5.48. The number of hydrogen-bond donors (Lipinski definition) is 1. The van der Waals surface area contributed by atoms with E-state index < -0.39 is 17.7 Å². The summed E-state index contributed by atoms with van der Waals surface area (Å²) >= 11 is 16.8. The molecule has 0 aliphatic carbocycles. The average Bonchev–Trinajstić information content (AvgIpc) is 3.31. The second kappa shape index (κ2) is 7.91. The molecule has 29 heavy (non-hydrogen) atoms. The van der Waals surface area contributed by atoms with Crippen molar-refractivity contribution in [2.24, 2.45) is 0 Å². The molecule has 1 amide bonds. The molecule has 4 rings (SSSR count). The van der Waals surface area contributed by atoms with E-state index >= 15 is 0 Å². The van der Waals surface area contributed by atoms with Crippen LogP contribution >= 0.6 is 50.5 Å². The quantitative estimate of drug-likeness (QED) is 0.273. The standard InChI is InChI=1S/C20H11BrCl2N2O3S/c21-12-4-1-10(2-5-12)17(26)15-16(11-3-6-13(22)14(23)9-11)25(19(28)18(15)27)20-24-7-8-29-20/h1-9,16,26H. The lowest BCUT2D eigenvalue weighted by Crippen LogP contribution is -2.29. The molecular formula is C20H11BrCl2N2O3S. The lowest BCUT2D eigenvalue weighted by Gasteiger charge is -2.23. The third-order valence-electron chi connectivity index (χ3n) is 4.45. The number of aromatic nitrogens is 1. The van der Waals surface area contributed by atoms with Crippen LogP contribution in [0.25, 0.3) is 5.76 Å². The van der Waals surface area contributed by atoms with E-state index in [0.29, 0.717) is 21.3 Å². The van der Waals surface area contributed by atoms with Crippen molar-refractivity contribution in [1.29, 1.82) is 0 Å². The second-order valence-corrected chi connectivity index (χ2v) is 8.77. The van der Waals surface area contributed by atoms with Crippen molar-refractivity contribution in [3.8, 4) is 0 Å². The minimum atomic E-state index is -0.889. The molecule has 1 aliphatic rings. The SMILES string of the molecule is O=C1C(=O)N(c2nccs2)C(c2ccc(Cl)c(Cl)c2)C1=C(O)c1ccc(Br)cc1. The highest BCUT2D eigenvalue weighted by atomic mass is 79.9. The molecule has 0 saturated carbocycles. The first-order valence-corrected chi connectivity index (χ1v) is 10.7. The predicted molar refractivity (Wildman–Crippen MR) is 118 cm³/mol. The van der Waals surface area contributed by atoms with Crippen molar-refractivity contribution in [1.82, 2.24) is 4.98 Å².